The first-order valence-electron chi connectivity index (χ1n) is 18.6. The van der Waals surface area contributed by atoms with E-state index in [-0.39, 0.29) is 25.2 Å². The molecule has 0 radical (unpaired) electrons. The van der Waals surface area contributed by atoms with Gasteiger partial charge in [0, 0.05) is 24.2 Å². The Labute approximate surface area is 336 Å². The number of piperidine rings is 3. The average Bonchev–Trinajstić information content (AvgIpc) is 3.23. The van der Waals surface area contributed by atoms with Crippen molar-refractivity contribution in [2.45, 2.75) is 44.6 Å². The highest BCUT2D eigenvalue weighted by Crippen LogP contribution is 2.36. The molecule has 56 heavy (non-hydrogen) atoms. The van der Waals surface area contributed by atoms with Crippen LogP contribution in [0.1, 0.15) is 51.6 Å². The minimum atomic E-state index is -0.741. The Kier molecular flexibility index (Phi) is 12.6. The molecule has 4 aromatic carbocycles. The van der Waals surface area contributed by atoms with Crippen LogP contribution in [-0.2, 0) is 29.0 Å². The monoisotopic (exact) mass is 796 g/mol. The molecule has 3 saturated heterocycles. The molecule has 12 heteroatoms. The summed E-state index contributed by atoms with van der Waals surface area (Å²) in [6.07, 6.45) is 4.43. The van der Waals surface area contributed by atoms with Gasteiger partial charge in [-0.3, -0.25) is 9.80 Å². The molecule has 0 spiro atoms. The van der Waals surface area contributed by atoms with Gasteiger partial charge in [0.2, 0.25) is 0 Å². The van der Waals surface area contributed by atoms with E-state index in [1.165, 1.54) is 0 Å². The van der Waals surface area contributed by atoms with Crippen LogP contribution in [0.3, 0.4) is 0 Å². The summed E-state index contributed by atoms with van der Waals surface area (Å²) in [5, 5.41) is 0.842. The Bertz CT molecular complexity index is 2110. The number of esters is 1. The number of carbonyl (C=O) groups is 2. The van der Waals surface area contributed by atoms with Gasteiger partial charge in [0.1, 0.15) is 34.6 Å². The number of fused-ring (bicyclic) bond motifs is 3. The summed E-state index contributed by atoms with van der Waals surface area (Å²) in [7, 11) is 3.10. The summed E-state index contributed by atoms with van der Waals surface area (Å²) >= 11 is 13.0. The number of ether oxygens (including phenoxy) is 5. The number of hydrogen-bond acceptors (Lipinski definition) is 8. The Morgan fingerprint density at radius 1 is 0.839 bits per heavy atom. The maximum absolute atomic E-state index is 13.7. The lowest BCUT2D eigenvalue weighted by atomic mass is 9.86. The predicted octanol–water partition coefficient (Wildman–Crippen LogP) is 8.78. The average molecular weight is 798 g/mol. The number of amides is 1. The van der Waals surface area contributed by atoms with Crippen LogP contribution in [0, 0.1) is 5.92 Å². The summed E-state index contributed by atoms with van der Waals surface area (Å²) in [6.45, 7) is 3.53. The number of nitrogens with one attached hydrogen (secondary N) is 1. The third-order valence-corrected chi connectivity index (χ3v) is 11.1. The second kappa shape index (κ2) is 18.1. The largest absolute Gasteiger partial charge is 0.493 e. The zero-order valence-electron chi connectivity index (χ0n) is 31.3. The number of anilines is 1. The van der Waals surface area contributed by atoms with E-state index in [9.17, 15) is 9.59 Å². The molecule has 290 valence electrons. The van der Waals surface area contributed by atoms with Gasteiger partial charge in [0.15, 0.2) is 23.9 Å². The molecule has 2 atom stereocenters. The zero-order chi connectivity index (χ0) is 39.0. The van der Waals surface area contributed by atoms with Crippen LogP contribution in [0.5, 0.6) is 17.2 Å². The van der Waals surface area contributed by atoms with Gasteiger partial charge >= 0.3 is 12.1 Å². The maximum atomic E-state index is 13.7. The lowest BCUT2D eigenvalue weighted by molar-refractivity contribution is -0.377. The summed E-state index contributed by atoms with van der Waals surface area (Å²) < 4.78 is 29.3. The van der Waals surface area contributed by atoms with Gasteiger partial charge in [0.05, 0.1) is 26.3 Å². The second-order valence-electron chi connectivity index (χ2n) is 14.0. The first kappa shape index (κ1) is 39.0. The van der Waals surface area contributed by atoms with E-state index in [1.807, 2.05) is 72.8 Å². The smallest absolute Gasteiger partial charge is 0.414 e. The van der Waals surface area contributed by atoms with Crippen molar-refractivity contribution < 1.29 is 38.3 Å². The van der Waals surface area contributed by atoms with Gasteiger partial charge in [0.25, 0.3) is 0 Å². The SMILES string of the molecule is COc1ccc([C@H](Cc2c(Cl)c[nH+]cc2Cl)OC(=O)c2ccc(COc3cccc(CN(C(=O)O[C@H]4CN5CCC4CC5)c4ccccc4)c3)cc2)cc1OC. The predicted molar refractivity (Wildman–Crippen MR) is 214 cm³/mol. The van der Waals surface area contributed by atoms with Crippen molar-refractivity contribution in [3.63, 3.8) is 0 Å². The maximum Gasteiger partial charge on any atom is 0.414 e. The fraction of sp³-hybridized carbons (Fsp3) is 0.295. The lowest BCUT2D eigenvalue weighted by Crippen LogP contribution is -2.53. The second-order valence-corrected chi connectivity index (χ2v) is 14.8. The zero-order valence-corrected chi connectivity index (χ0v) is 32.8. The molecule has 1 amide bonds. The first-order chi connectivity index (χ1) is 27.3. The third kappa shape index (κ3) is 9.38. The van der Waals surface area contributed by atoms with Gasteiger partial charge in [-0.1, -0.05) is 71.7 Å². The Balaban J connectivity index is 1.00. The van der Waals surface area contributed by atoms with E-state index in [0.29, 0.717) is 56.4 Å². The molecule has 3 fully saturated rings. The van der Waals surface area contributed by atoms with Crippen LogP contribution in [0.4, 0.5) is 10.5 Å². The molecule has 3 aliphatic rings. The molecule has 1 N–H and O–H groups in total. The molecular formula is C44H44Cl2N3O7+. The Hall–Kier alpha value is -5.29. The van der Waals surface area contributed by atoms with Crippen LogP contribution in [0.2, 0.25) is 10.0 Å². The molecule has 3 aliphatic heterocycles. The van der Waals surface area contributed by atoms with Crippen LogP contribution < -0.4 is 24.1 Å². The minimum Gasteiger partial charge on any atom is -0.493 e. The van der Waals surface area contributed by atoms with Gasteiger partial charge < -0.3 is 23.7 Å². The van der Waals surface area contributed by atoms with Crippen molar-refractivity contribution in [3.05, 3.63) is 147 Å². The molecule has 10 nitrogen and oxygen atoms in total. The van der Waals surface area contributed by atoms with Crippen molar-refractivity contribution in [3.8, 4) is 17.2 Å². The van der Waals surface area contributed by atoms with Crippen LogP contribution >= 0.6 is 23.2 Å². The van der Waals surface area contributed by atoms with Gasteiger partial charge in [-0.15, -0.1) is 0 Å². The summed E-state index contributed by atoms with van der Waals surface area (Å²) in [5.41, 5.74) is 4.20. The summed E-state index contributed by atoms with van der Waals surface area (Å²) in [5.74, 6) is 1.59. The number of aromatic amines is 1. The number of H-pyrrole nitrogens is 1. The fourth-order valence-electron chi connectivity index (χ4n) is 7.26. The number of nitrogens with zero attached hydrogens (tertiary/aromatic N) is 2. The van der Waals surface area contributed by atoms with Crippen molar-refractivity contribution >= 4 is 41.0 Å². The molecule has 0 unspecified atom stereocenters. The fourth-order valence-corrected chi connectivity index (χ4v) is 7.79. The van der Waals surface area contributed by atoms with Gasteiger partial charge in [-0.2, -0.15) is 0 Å². The number of methoxy groups -OCH3 is 2. The molecule has 0 aliphatic carbocycles. The van der Waals surface area contributed by atoms with Crippen molar-refractivity contribution in [2.75, 3.05) is 38.8 Å². The van der Waals surface area contributed by atoms with Crippen molar-refractivity contribution in [1.29, 1.82) is 0 Å². The Morgan fingerprint density at radius 3 is 2.25 bits per heavy atom. The number of aromatic nitrogens is 1. The quantitative estimate of drug-likeness (QED) is 0.103. The van der Waals surface area contributed by atoms with Crippen LogP contribution in [0.15, 0.2) is 109 Å². The van der Waals surface area contributed by atoms with E-state index in [2.05, 4.69) is 9.88 Å². The minimum absolute atomic E-state index is 0.0930. The van der Waals surface area contributed by atoms with Crippen molar-refractivity contribution in [2.24, 2.45) is 5.92 Å². The van der Waals surface area contributed by atoms with Crippen LogP contribution in [-0.4, -0.2) is 56.9 Å². The number of carbonyl (C=O) groups excluding carboxylic acids is 2. The summed E-state index contributed by atoms with van der Waals surface area (Å²) in [6, 6.07) is 29.7. The molecule has 1 aromatic heterocycles. The number of benzene rings is 4. The number of para-hydroxylation sites is 1. The summed E-state index contributed by atoms with van der Waals surface area (Å²) in [4.78, 5) is 34.2. The Morgan fingerprint density at radius 2 is 1.57 bits per heavy atom. The molecule has 5 aromatic rings. The number of hydrogen-bond donors (Lipinski definition) is 0. The van der Waals surface area contributed by atoms with Crippen LogP contribution in [0.25, 0.3) is 0 Å². The lowest BCUT2D eigenvalue weighted by Gasteiger charge is -2.44. The molecule has 4 heterocycles. The number of pyridine rings is 1. The topological polar surface area (TPSA) is 101 Å². The number of halogens is 2. The highest BCUT2D eigenvalue weighted by atomic mass is 35.5. The molecular weight excluding hydrogens is 753 g/mol. The first-order valence-corrected chi connectivity index (χ1v) is 19.4. The van der Waals surface area contributed by atoms with Gasteiger partial charge in [-0.25, -0.2) is 14.6 Å². The van der Waals surface area contributed by atoms with E-state index in [1.54, 1.807) is 55.8 Å². The number of rotatable bonds is 14. The standard InChI is InChI=1S/C44H43Cl2N3O7/c1-52-39-16-15-33(22-41(39)53-2)40(23-36-37(45)24-47-25-38(36)46)55-43(50)32-13-11-29(12-14-32)28-54-35-10-6-7-30(21-35)26-49(34-8-4-3-5-9-34)44(51)56-42-27-48-19-17-31(42)18-20-48/h3-16,21-22,24-25,31,40,42H,17-20,23,26-28H2,1-2H3/p+1/t40-,42-/m0/s1. The van der Waals surface area contributed by atoms with E-state index >= 15 is 0 Å². The normalized spacial score (nSPS) is 17.8. The molecule has 2 bridgehead atoms. The molecule has 0 saturated carbocycles. The van der Waals surface area contributed by atoms with E-state index < -0.39 is 12.1 Å². The van der Waals surface area contributed by atoms with E-state index in [4.69, 9.17) is 46.9 Å². The van der Waals surface area contributed by atoms with E-state index in [0.717, 1.165) is 49.3 Å². The third-order valence-electron chi connectivity index (χ3n) is 10.4. The highest BCUT2D eigenvalue weighted by molar-refractivity contribution is 6.35. The molecule has 8 rings (SSSR count). The van der Waals surface area contributed by atoms with Gasteiger partial charge in [-0.05, 0) is 97.1 Å². The highest BCUT2D eigenvalue weighted by Gasteiger charge is 2.37. The van der Waals surface area contributed by atoms with Crippen molar-refractivity contribution in [1.82, 2.24) is 4.90 Å².